The molecule has 22 heavy (non-hydrogen) atoms. The largest absolute Gasteiger partial charge is 0.357 e. The van der Waals surface area contributed by atoms with Gasteiger partial charge in [-0.15, -0.1) is 0 Å². The minimum atomic E-state index is -0.663. The number of hydrogen-bond acceptors (Lipinski definition) is 4. The quantitative estimate of drug-likeness (QED) is 0.418. The predicted octanol–water partition coefficient (Wildman–Crippen LogP) is 1.21. The Kier molecular flexibility index (Phi) is 13.4. The van der Waals surface area contributed by atoms with Gasteiger partial charge in [0.1, 0.15) is 6.04 Å². The van der Waals surface area contributed by atoms with E-state index in [1.54, 1.807) is 6.92 Å². The van der Waals surface area contributed by atoms with Crippen LogP contribution in [0, 0.1) is 11.8 Å². The van der Waals surface area contributed by atoms with Crippen molar-refractivity contribution in [2.75, 3.05) is 7.05 Å². The first-order chi connectivity index (χ1) is 10.2. The van der Waals surface area contributed by atoms with E-state index in [0.717, 1.165) is 0 Å². The van der Waals surface area contributed by atoms with Crippen molar-refractivity contribution in [2.24, 2.45) is 11.8 Å². The Morgan fingerprint density at radius 2 is 1.55 bits per heavy atom. The molecule has 0 aromatic carbocycles. The van der Waals surface area contributed by atoms with Crippen molar-refractivity contribution in [2.45, 2.75) is 59.9 Å². The van der Waals surface area contributed by atoms with Crippen LogP contribution in [-0.2, 0) is 14.4 Å². The Morgan fingerprint density at radius 1 is 1.05 bits per heavy atom. The molecule has 0 aromatic rings. The van der Waals surface area contributed by atoms with Gasteiger partial charge in [0.25, 0.3) is 0 Å². The van der Waals surface area contributed by atoms with Gasteiger partial charge in [0.15, 0.2) is 0 Å². The van der Waals surface area contributed by atoms with Crippen LogP contribution in [0.15, 0.2) is 0 Å². The third kappa shape index (κ3) is 11.1. The van der Waals surface area contributed by atoms with E-state index in [1.165, 1.54) is 18.9 Å². The molecule has 0 bridgehead atoms. The summed E-state index contributed by atoms with van der Waals surface area (Å²) in [6, 6.07) is -0.663. The van der Waals surface area contributed by atoms with Crippen LogP contribution in [0.2, 0.25) is 0 Å². The summed E-state index contributed by atoms with van der Waals surface area (Å²) in [5, 5.41) is 13.5. The maximum Gasteiger partial charge on any atom is 0.244 e. The van der Waals surface area contributed by atoms with Gasteiger partial charge in [-0.1, -0.05) is 34.1 Å². The Hall–Kier alpha value is -1.63. The lowest BCUT2D eigenvalue weighted by atomic mass is 9.93. The van der Waals surface area contributed by atoms with Gasteiger partial charge < -0.3 is 10.6 Å². The molecule has 0 aliphatic rings. The molecule has 0 saturated heterocycles. The highest BCUT2D eigenvalue weighted by Crippen LogP contribution is 2.16. The van der Waals surface area contributed by atoms with Crippen LogP contribution < -0.4 is 16.1 Å². The first kappa shape index (κ1) is 22.6. The van der Waals surface area contributed by atoms with E-state index in [0.29, 0.717) is 6.42 Å². The molecule has 0 fully saturated rings. The van der Waals surface area contributed by atoms with Gasteiger partial charge in [-0.25, -0.2) is 5.48 Å². The summed E-state index contributed by atoms with van der Waals surface area (Å²) in [7, 11) is 1.48. The van der Waals surface area contributed by atoms with Crippen LogP contribution in [-0.4, -0.2) is 36.0 Å². The predicted molar refractivity (Wildman–Crippen MR) is 85.1 cm³/mol. The zero-order valence-corrected chi connectivity index (χ0v) is 14.5. The van der Waals surface area contributed by atoms with E-state index >= 15 is 0 Å². The van der Waals surface area contributed by atoms with Gasteiger partial charge in [-0.3, -0.25) is 19.6 Å². The van der Waals surface area contributed by atoms with Crippen molar-refractivity contribution >= 4 is 17.7 Å². The van der Waals surface area contributed by atoms with Crippen molar-refractivity contribution in [1.82, 2.24) is 16.1 Å². The van der Waals surface area contributed by atoms with Crippen LogP contribution in [0.1, 0.15) is 53.9 Å². The Labute approximate surface area is 133 Å². The van der Waals surface area contributed by atoms with E-state index in [-0.39, 0.29) is 24.2 Å². The van der Waals surface area contributed by atoms with Gasteiger partial charge in [0.05, 0.1) is 0 Å². The fourth-order valence-corrected chi connectivity index (χ4v) is 1.73. The summed E-state index contributed by atoms with van der Waals surface area (Å²) in [4.78, 5) is 34.5. The summed E-state index contributed by atoms with van der Waals surface area (Å²) < 4.78 is 0. The Balaban J connectivity index is 0. The molecule has 0 aliphatic carbocycles. The Bertz CT molecular complexity index is 346. The van der Waals surface area contributed by atoms with E-state index in [4.69, 9.17) is 5.21 Å². The van der Waals surface area contributed by atoms with Gasteiger partial charge in [-0.2, -0.15) is 0 Å². The molecule has 0 radical (unpaired) electrons. The summed E-state index contributed by atoms with van der Waals surface area (Å²) >= 11 is 0. The minimum Gasteiger partial charge on any atom is -0.357 e. The second kappa shape index (κ2) is 13.1. The standard InChI is InChI=1S/C12H23N3O4.C3H8/c1-7(2)5-9(6-10(16)15-19)12(18)14-8(3)11(17)13-4;1-3-2/h7-9,19H,5-6H2,1-4H3,(H,13,17)(H,14,18)(H,15,16);3H2,1-2H3/t8-,9?;/m0./s1. The molecule has 130 valence electrons. The number of amides is 3. The lowest BCUT2D eigenvalue weighted by Crippen LogP contribution is -2.46. The summed E-state index contributed by atoms with van der Waals surface area (Å²) in [5.41, 5.74) is 1.51. The molecule has 2 atom stereocenters. The molecule has 3 amide bonds. The molecule has 0 aliphatic heterocycles. The number of likely N-dealkylation sites (N-methyl/N-ethyl adjacent to an activating group) is 1. The number of nitrogens with one attached hydrogen (secondary N) is 3. The van der Waals surface area contributed by atoms with Crippen LogP contribution in [0.4, 0.5) is 0 Å². The molecule has 0 rings (SSSR count). The second-order valence-corrected chi connectivity index (χ2v) is 5.62. The zero-order valence-electron chi connectivity index (χ0n) is 14.5. The lowest BCUT2D eigenvalue weighted by molar-refractivity contribution is -0.136. The highest BCUT2D eigenvalue weighted by Gasteiger charge is 2.25. The van der Waals surface area contributed by atoms with E-state index in [1.807, 2.05) is 13.8 Å². The maximum atomic E-state index is 12.0. The second-order valence-electron chi connectivity index (χ2n) is 5.62. The zero-order chi connectivity index (χ0) is 17.7. The van der Waals surface area contributed by atoms with Crippen molar-refractivity contribution in [3.8, 4) is 0 Å². The molecule has 0 saturated carbocycles. The topological polar surface area (TPSA) is 108 Å². The van der Waals surface area contributed by atoms with Crippen molar-refractivity contribution in [1.29, 1.82) is 0 Å². The molecule has 0 heterocycles. The molecular weight excluding hydrogens is 286 g/mol. The number of rotatable bonds is 7. The molecule has 4 N–H and O–H groups in total. The van der Waals surface area contributed by atoms with Crippen LogP contribution in [0.5, 0.6) is 0 Å². The first-order valence-corrected chi connectivity index (χ1v) is 7.68. The number of hydrogen-bond donors (Lipinski definition) is 4. The van der Waals surface area contributed by atoms with Crippen molar-refractivity contribution in [3.63, 3.8) is 0 Å². The fraction of sp³-hybridized carbons (Fsp3) is 0.800. The number of carbonyl (C=O) groups excluding carboxylic acids is 3. The SMILES string of the molecule is CCC.CNC(=O)[C@H](C)NC(=O)C(CC(=O)NO)CC(C)C. The minimum absolute atomic E-state index is 0.110. The van der Waals surface area contributed by atoms with E-state index in [9.17, 15) is 14.4 Å². The monoisotopic (exact) mass is 317 g/mol. The molecule has 1 unspecified atom stereocenters. The summed E-state index contributed by atoms with van der Waals surface area (Å²) in [6.45, 7) is 9.67. The average Bonchev–Trinajstić information content (AvgIpc) is 2.45. The first-order valence-electron chi connectivity index (χ1n) is 7.68. The van der Waals surface area contributed by atoms with Gasteiger partial charge in [0, 0.05) is 19.4 Å². The fourth-order valence-electron chi connectivity index (χ4n) is 1.73. The highest BCUT2D eigenvalue weighted by molar-refractivity contribution is 5.90. The maximum absolute atomic E-state index is 12.0. The average molecular weight is 317 g/mol. The molecule has 7 heteroatoms. The van der Waals surface area contributed by atoms with Gasteiger partial charge >= 0.3 is 0 Å². The van der Waals surface area contributed by atoms with Crippen LogP contribution in [0.25, 0.3) is 0 Å². The molecule has 0 aromatic heterocycles. The normalized spacial score (nSPS) is 12.5. The van der Waals surface area contributed by atoms with E-state index in [2.05, 4.69) is 24.5 Å². The number of hydroxylamine groups is 1. The van der Waals surface area contributed by atoms with E-state index < -0.39 is 17.9 Å². The molecule has 0 spiro atoms. The third-order valence-corrected chi connectivity index (χ3v) is 2.68. The smallest absolute Gasteiger partial charge is 0.244 e. The molecular formula is C15H31N3O4. The van der Waals surface area contributed by atoms with Gasteiger partial charge in [0.2, 0.25) is 17.7 Å². The van der Waals surface area contributed by atoms with Crippen molar-refractivity contribution in [3.05, 3.63) is 0 Å². The molecule has 7 nitrogen and oxygen atoms in total. The summed E-state index contributed by atoms with van der Waals surface area (Å²) in [5.74, 6) is -1.64. The van der Waals surface area contributed by atoms with Crippen LogP contribution >= 0.6 is 0 Å². The number of carbonyl (C=O) groups is 3. The van der Waals surface area contributed by atoms with Crippen molar-refractivity contribution < 1.29 is 19.6 Å². The highest BCUT2D eigenvalue weighted by atomic mass is 16.5. The van der Waals surface area contributed by atoms with Crippen LogP contribution in [0.3, 0.4) is 0 Å². The van der Waals surface area contributed by atoms with Gasteiger partial charge in [-0.05, 0) is 19.3 Å². The summed E-state index contributed by atoms with van der Waals surface area (Å²) in [6.07, 6.45) is 1.64. The third-order valence-electron chi connectivity index (χ3n) is 2.68. The lowest BCUT2D eigenvalue weighted by Gasteiger charge is -2.20. The Morgan fingerprint density at radius 3 is 1.91 bits per heavy atom.